The van der Waals surface area contributed by atoms with E-state index in [1.54, 1.807) is 56.5 Å². The monoisotopic (exact) mass is 739 g/mol. The highest BCUT2D eigenvalue weighted by atomic mass is 32.2. The summed E-state index contributed by atoms with van der Waals surface area (Å²) in [5.74, 6) is -1.97. The molecular weight excluding hydrogens is 712 g/mol. The molecule has 0 fully saturated rings. The molecule has 0 aliphatic carbocycles. The van der Waals surface area contributed by atoms with Gasteiger partial charge in [0.2, 0.25) is 11.6 Å². The summed E-state index contributed by atoms with van der Waals surface area (Å²) in [4.78, 5) is 42.4. The number of nitro groups is 2. The molecule has 2 heterocycles. The Morgan fingerprint density at radius 2 is 1.22 bits per heavy atom. The first-order valence-electron chi connectivity index (χ1n) is 14.1. The fourth-order valence-corrected chi connectivity index (χ4v) is 4.47. The van der Waals surface area contributed by atoms with Crippen LogP contribution in [0.1, 0.15) is 16.7 Å². The number of thiocyanates is 1. The van der Waals surface area contributed by atoms with Crippen LogP contribution < -0.4 is 22.6 Å². The van der Waals surface area contributed by atoms with Crippen molar-refractivity contribution in [3.63, 3.8) is 0 Å². The van der Waals surface area contributed by atoms with Crippen LogP contribution in [0.5, 0.6) is 0 Å². The first kappa shape index (κ1) is 40.9. The van der Waals surface area contributed by atoms with Gasteiger partial charge in [-0.15, -0.1) is 0 Å². The molecule has 0 amide bonds. The van der Waals surface area contributed by atoms with Crippen LogP contribution in [0.25, 0.3) is 0 Å². The van der Waals surface area contributed by atoms with Crippen molar-refractivity contribution in [2.24, 2.45) is 0 Å². The van der Waals surface area contributed by atoms with Crippen molar-refractivity contribution in [2.45, 2.75) is 25.7 Å². The van der Waals surface area contributed by atoms with E-state index in [1.165, 1.54) is 45.8 Å². The predicted octanol–water partition coefficient (Wildman–Crippen LogP) is 6.65. The lowest BCUT2D eigenvalue weighted by atomic mass is 10.2. The van der Waals surface area contributed by atoms with Gasteiger partial charge in [-0.2, -0.15) is 14.0 Å². The zero-order valence-electron chi connectivity index (χ0n) is 27.0. The third-order valence-electron chi connectivity index (χ3n) is 6.42. The lowest BCUT2D eigenvalue weighted by Crippen LogP contribution is -2.35. The van der Waals surface area contributed by atoms with Gasteiger partial charge >= 0.3 is 11.4 Å². The number of pyridine rings is 2. The number of nitro benzene ring substituents is 2. The molecule has 5 rings (SSSR count). The van der Waals surface area contributed by atoms with Gasteiger partial charge in [0.05, 0.1) is 9.85 Å². The van der Waals surface area contributed by atoms with E-state index in [2.05, 4.69) is 0 Å². The van der Waals surface area contributed by atoms with Crippen LogP contribution in [0.3, 0.4) is 0 Å². The maximum absolute atomic E-state index is 13.0. The minimum absolute atomic E-state index is 0.149. The fraction of sp³-hybridized carbons (Fsp3) is 0.0909. The Labute approximate surface area is 297 Å². The van der Waals surface area contributed by atoms with Gasteiger partial charge in [-0.25, -0.2) is 4.39 Å². The second-order valence-electron chi connectivity index (χ2n) is 10.0. The summed E-state index contributed by atoms with van der Waals surface area (Å²) in [6.45, 7) is 4.95. The molecule has 18 heteroatoms. The molecule has 264 valence electrons. The van der Waals surface area contributed by atoms with Crippen LogP contribution in [0.2, 0.25) is 0 Å². The molecule has 13 nitrogen and oxygen atoms in total. The van der Waals surface area contributed by atoms with E-state index >= 15 is 0 Å². The third kappa shape index (κ3) is 12.0. The molecule has 0 bridgehead atoms. The number of aromatic nitrogens is 2. The van der Waals surface area contributed by atoms with Crippen LogP contribution in [-0.4, -0.2) is 24.1 Å². The van der Waals surface area contributed by atoms with Gasteiger partial charge in [0.15, 0.2) is 5.11 Å². The Balaban J connectivity index is 0.000000240. The smallest absolute Gasteiger partial charge is 0.306 e. The highest BCUT2D eigenvalue weighted by Gasteiger charge is 2.17. The van der Waals surface area contributed by atoms with E-state index in [1.807, 2.05) is 0 Å². The molecule has 0 aliphatic rings. The summed E-state index contributed by atoms with van der Waals surface area (Å²) < 4.78 is 40.6. The molecule has 0 aliphatic heterocycles. The van der Waals surface area contributed by atoms with Gasteiger partial charge in [-0.1, -0.05) is 12.1 Å². The number of nitrogens with zero attached hydrogens (tertiary/aromatic N) is 5. The Kier molecular flexibility index (Phi) is 15.2. The lowest BCUT2D eigenvalue weighted by molar-refractivity contribution is -0.387. The Hall–Kier alpha value is -6.32. The van der Waals surface area contributed by atoms with Crippen molar-refractivity contribution in [1.29, 1.82) is 5.26 Å². The number of nitrogens with two attached hydrogens (primary N) is 2. The van der Waals surface area contributed by atoms with Gasteiger partial charge in [0, 0.05) is 52.9 Å². The highest BCUT2D eigenvalue weighted by molar-refractivity contribution is 8.03. The number of nitrogen functional groups attached to an aromatic ring is 2. The normalized spacial score (nSPS) is 9.75. The number of anilines is 2. The molecule has 0 saturated heterocycles. The number of halogens is 3. The number of hydrogen-bond donors (Lipinski definition) is 2. The zero-order valence-corrected chi connectivity index (χ0v) is 28.6. The molecule has 51 heavy (non-hydrogen) atoms. The van der Waals surface area contributed by atoms with Crippen molar-refractivity contribution < 1.29 is 23.0 Å². The standard InChI is InChI=1S/C11H8N2O2S.C8H5FN2O2S.C7H7FN2O2.C7H8FN/c14-9-5-1-3-7-12(9)11(16)13-8-4-2-6-10(13)15;1-5-2-6(9)7(11(12)13)3-8(5)14-4-10;1-4-2-5(8)7(10(11)12)3-6(4)9;1-5-4-6(8)2-3-7(5)9/h1-8H;2-3H,1H3;2-3H,9H2,1H3;2-4H,9H2,1H3. The molecule has 3 aromatic carbocycles. The Bertz CT molecular complexity index is 2190. The number of thiocarbonyl (C=S) groups is 1. The highest BCUT2D eigenvalue weighted by Crippen LogP contribution is 2.28. The molecular formula is C33H28F3N7O6S2. The summed E-state index contributed by atoms with van der Waals surface area (Å²) in [7, 11) is 0. The molecule has 0 radical (unpaired) electrons. The Morgan fingerprint density at radius 1 is 0.745 bits per heavy atom. The van der Waals surface area contributed by atoms with E-state index < -0.39 is 32.9 Å². The van der Waals surface area contributed by atoms with Crippen LogP contribution >= 0.6 is 24.0 Å². The van der Waals surface area contributed by atoms with Gasteiger partial charge in [-0.05, 0) is 104 Å². The van der Waals surface area contributed by atoms with E-state index in [9.17, 15) is 43.0 Å². The summed E-state index contributed by atoms with van der Waals surface area (Å²) >= 11 is 5.86. The topological polar surface area (TPSA) is 206 Å². The summed E-state index contributed by atoms with van der Waals surface area (Å²) in [6.07, 6.45) is 3.06. The van der Waals surface area contributed by atoms with Crippen molar-refractivity contribution in [3.8, 4) is 5.40 Å². The van der Waals surface area contributed by atoms with Crippen LogP contribution in [0, 0.1) is 69.1 Å². The molecule has 0 atom stereocenters. The maximum atomic E-state index is 13.0. The number of aryl methyl sites for hydroxylation is 3. The molecule has 4 N–H and O–H groups in total. The number of thioether (sulfide) groups is 1. The number of nitriles is 1. The SMILES string of the molecule is Cc1cc(F)c([N+](=O)[O-])cc1N.Cc1cc(F)c([N+](=O)[O-])cc1SC#N.Cc1cc(F)ccc1N.O=c1ccccn1C(=S)n1ccccc1=O. The maximum Gasteiger partial charge on any atom is 0.306 e. The minimum atomic E-state index is -0.880. The molecule has 0 unspecified atom stereocenters. The summed E-state index contributed by atoms with van der Waals surface area (Å²) in [6, 6.07) is 17.9. The van der Waals surface area contributed by atoms with Crippen LogP contribution in [-0.2, 0) is 0 Å². The molecule has 2 aromatic heterocycles. The van der Waals surface area contributed by atoms with Crippen molar-refractivity contribution in [2.75, 3.05) is 11.5 Å². The number of hydrogen-bond acceptors (Lipinski definition) is 11. The van der Waals surface area contributed by atoms with Crippen molar-refractivity contribution in [1.82, 2.24) is 9.13 Å². The minimum Gasteiger partial charge on any atom is -0.399 e. The summed E-state index contributed by atoms with van der Waals surface area (Å²) in [5, 5.41) is 30.9. The third-order valence-corrected chi connectivity index (χ3v) is 7.56. The quantitative estimate of drug-likeness (QED) is 0.0500. The zero-order chi connectivity index (χ0) is 38.4. The van der Waals surface area contributed by atoms with Crippen LogP contribution in [0.4, 0.5) is 35.9 Å². The first-order chi connectivity index (χ1) is 24.0. The Morgan fingerprint density at radius 3 is 1.65 bits per heavy atom. The van der Waals surface area contributed by atoms with E-state index in [0.717, 1.165) is 41.6 Å². The molecule has 0 spiro atoms. The van der Waals surface area contributed by atoms with E-state index in [4.69, 9.17) is 28.9 Å². The first-order valence-corrected chi connectivity index (χ1v) is 15.3. The van der Waals surface area contributed by atoms with Gasteiger partial charge in [0.25, 0.3) is 11.1 Å². The average Bonchev–Trinajstić information content (AvgIpc) is 3.07. The van der Waals surface area contributed by atoms with Gasteiger partial charge in [-0.3, -0.25) is 39.0 Å². The lowest BCUT2D eigenvalue weighted by Gasteiger charge is -2.08. The second kappa shape index (κ2) is 19.0. The molecule has 0 saturated carbocycles. The summed E-state index contributed by atoms with van der Waals surface area (Å²) in [5.41, 5.74) is 11.7. The average molecular weight is 740 g/mol. The van der Waals surface area contributed by atoms with E-state index in [0.29, 0.717) is 21.7 Å². The van der Waals surface area contributed by atoms with Crippen LogP contribution in [0.15, 0.2) is 106 Å². The van der Waals surface area contributed by atoms with E-state index in [-0.39, 0.29) is 27.7 Å². The fourth-order valence-electron chi connectivity index (χ4n) is 3.68. The van der Waals surface area contributed by atoms with Gasteiger partial charge in [0.1, 0.15) is 11.2 Å². The van der Waals surface area contributed by atoms with Crippen molar-refractivity contribution in [3.05, 3.63) is 166 Å². The number of rotatable bonds is 3. The molecule has 5 aromatic rings. The van der Waals surface area contributed by atoms with Gasteiger partial charge < -0.3 is 11.5 Å². The number of benzene rings is 3. The second-order valence-corrected chi connectivity index (χ2v) is 11.2. The van der Waals surface area contributed by atoms with Crippen molar-refractivity contribution >= 4 is 51.8 Å². The predicted molar refractivity (Wildman–Crippen MR) is 192 cm³/mol. The largest absolute Gasteiger partial charge is 0.399 e.